The van der Waals surface area contributed by atoms with Gasteiger partial charge in [0.15, 0.2) is 5.67 Å². The number of ether oxygens (including phenoxy) is 2. The Labute approximate surface area is 191 Å². The molecule has 1 atom stereocenters. The molecule has 32 heavy (non-hydrogen) atoms. The summed E-state index contributed by atoms with van der Waals surface area (Å²) in [4.78, 5) is 6.37. The number of aliphatic hydroxyl groups excluding tert-OH is 1. The van der Waals surface area contributed by atoms with Crippen molar-refractivity contribution in [3.8, 4) is 11.4 Å². The summed E-state index contributed by atoms with van der Waals surface area (Å²) in [6.45, 7) is -0.0477. The van der Waals surface area contributed by atoms with Crippen LogP contribution in [0.2, 0.25) is 5.02 Å². The summed E-state index contributed by atoms with van der Waals surface area (Å²) in [5, 5.41) is 19.8. The number of benzene rings is 1. The van der Waals surface area contributed by atoms with Crippen molar-refractivity contribution in [3.63, 3.8) is 0 Å². The van der Waals surface area contributed by atoms with Crippen LogP contribution in [0.4, 0.5) is 4.39 Å². The third-order valence-electron chi connectivity index (χ3n) is 5.72. The fourth-order valence-electron chi connectivity index (χ4n) is 3.76. The van der Waals surface area contributed by atoms with Gasteiger partial charge in [0, 0.05) is 4.88 Å². The molecule has 2 fully saturated rings. The molecule has 0 radical (unpaired) electrons. The van der Waals surface area contributed by atoms with Crippen molar-refractivity contribution >= 4 is 27.8 Å². The Bertz CT molecular complexity index is 1300. The monoisotopic (exact) mass is 475 g/mol. The Hall–Kier alpha value is -2.53. The highest BCUT2D eigenvalue weighted by Gasteiger charge is 2.40. The number of nitrogens with zero attached hydrogens (tertiary/aromatic N) is 5. The predicted octanol–water partition coefficient (Wildman–Crippen LogP) is 3.71. The lowest BCUT2D eigenvalue weighted by Gasteiger charge is -2.33. The highest BCUT2D eigenvalue weighted by Crippen LogP contribution is 2.47. The molecule has 1 aromatic carbocycles. The van der Waals surface area contributed by atoms with Crippen LogP contribution in [0.5, 0.6) is 5.75 Å². The van der Waals surface area contributed by atoms with Crippen molar-refractivity contribution in [2.45, 2.75) is 30.5 Å². The highest BCUT2D eigenvalue weighted by atomic mass is 35.5. The summed E-state index contributed by atoms with van der Waals surface area (Å²) in [5.74, 6) is 0.871. The summed E-state index contributed by atoms with van der Waals surface area (Å²) < 4.78 is 28.0. The number of alkyl halides is 1. The number of thiazole rings is 1. The molecule has 0 amide bonds. The molecule has 11 heteroatoms. The molecule has 1 saturated carbocycles. The lowest BCUT2D eigenvalue weighted by molar-refractivity contribution is -0.146. The maximum atomic E-state index is 14.1. The van der Waals surface area contributed by atoms with Crippen molar-refractivity contribution in [2.75, 3.05) is 19.8 Å². The predicted molar refractivity (Wildman–Crippen MR) is 116 cm³/mol. The minimum Gasteiger partial charge on any atom is -0.488 e. The summed E-state index contributed by atoms with van der Waals surface area (Å²) in [5.41, 5.74) is 0.427. The van der Waals surface area contributed by atoms with E-state index in [0.29, 0.717) is 28.1 Å². The average Bonchev–Trinajstić information content (AvgIpc) is 3.17. The van der Waals surface area contributed by atoms with Crippen molar-refractivity contribution in [3.05, 3.63) is 58.2 Å². The van der Waals surface area contributed by atoms with E-state index in [-0.39, 0.29) is 19.8 Å². The van der Waals surface area contributed by atoms with E-state index in [0.717, 1.165) is 23.4 Å². The Morgan fingerprint density at radius 2 is 2.22 bits per heavy atom. The smallest absolute Gasteiger partial charge is 0.190 e. The molecule has 1 N–H and O–H groups in total. The van der Waals surface area contributed by atoms with Crippen molar-refractivity contribution < 1.29 is 19.0 Å². The van der Waals surface area contributed by atoms with E-state index in [1.54, 1.807) is 52.9 Å². The van der Waals surface area contributed by atoms with Crippen molar-refractivity contribution in [2.24, 2.45) is 0 Å². The molecule has 4 aromatic rings. The quantitative estimate of drug-likeness (QED) is 0.438. The molecule has 166 valence electrons. The molecule has 3 aromatic heterocycles. The van der Waals surface area contributed by atoms with Crippen molar-refractivity contribution in [1.82, 2.24) is 24.4 Å². The van der Waals surface area contributed by atoms with Gasteiger partial charge in [0.1, 0.15) is 35.3 Å². The third kappa shape index (κ3) is 3.47. The van der Waals surface area contributed by atoms with Gasteiger partial charge in [0.05, 0.1) is 42.0 Å². The molecule has 8 nitrogen and oxygen atoms in total. The number of hydrogen-bond acceptors (Lipinski definition) is 7. The Kier molecular flexibility index (Phi) is 4.72. The first kappa shape index (κ1) is 20.1. The number of aromatic nitrogens is 5. The maximum absolute atomic E-state index is 14.1. The van der Waals surface area contributed by atoms with Crippen LogP contribution >= 0.6 is 22.9 Å². The second-order valence-electron chi connectivity index (χ2n) is 8.27. The minimum absolute atomic E-state index is 0.0325. The Morgan fingerprint density at radius 1 is 1.38 bits per heavy atom. The van der Waals surface area contributed by atoms with Gasteiger partial charge in [0.25, 0.3) is 0 Å². The van der Waals surface area contributed by atoms with Crippen molar-refractivity contribution in [1.29, 1.82) is 0 Å². The number of halogens is 2. The summed E-state index contributed by atoms with van der Waals surface area (Å²) in [6, 6.07) is 5.08. The van der Waals surface area contributed by atoms with Gasteiger partial charge in [0.2, 0.25) is 0 Å². The van der Waals surface area contributed by atoms with Gasteiger partial charge in [-0.1, -0.05) is 16.8 Å². The van der Waals surface area contributed by atoms with E-state index in [1.165, 1.54) is 4.88 Å². The number of imidazole rings is 1. The van der Waals surface area contributed by atoms with Gasteiger partial charge in [-0.3, -0.25) is 4.40 Å². The van der Waals surface area contributed by atoms with Crippen LogP contribution in [-0.2, 0) is 4.74 Å². The van der Waals surface area contributed by atoms with Gasteiger partial charge in [-0.2, -0.15) is 0 Å². The van der Waals surface area contributed by atoms with Gasteiger partial charge in [-0.15, -0.1) is 16.4 Å². The molecule has 4 heterocycles. The molecule has 1 aliphatic carbocycles. The first-order chi connectivity index (χ1) is 15.5. The maximum Gasteiger partial charge on any atom is 0.190 e. The molecule has 2 aliphatic rings. The van der Waals surface area contributed by atoms with Gasteiger partial charge in [-0.25, -0.2) is 14.1 Å². The lowest BCUT2D eigenvalue weighted by Crippen LogP contribution is -2.50. The summed E-state index contributed by atoms with van der Waals surface area (Å²) in [7, 11) is 0. The van der Waals surface area contributed by atoms with E-state index in [2.05, 4.69) is 15.3 Å². The zero-order valence-corrected chi connectivity index (χ0v) is 18.4. The van der Waals surface area contributed by atoms with E-state index < -0.39 is 11.8 Å². The minimum atomic E-state index is -1.46. The zero-order valence-electron chi connectivity index (χ0n) is 16.8. The largest absolute Gasteiger partial charge is 0.488 e. The number of aliphatic hydroxyl groups is 1. The van der Waals surface area contributed by atoms with Gasteiger partial charge in [-0.05, 0) is 37.0 Å². The topological polar surface area (TPSA) is 86.7 Å². The van der Waals surface area contributed by atoms with E-state index in [4.69, 9.17) is 21.1 Å². The molecular formula is C21H19ClFN5O3S. The Morgan fingerprint density at radius 3 is 2.94 bits per heavy atom. The molecule has 0 unspecified atom stereocenters. The normalized spacial score (nSPS) is 18.6. The molecule has 6 rings (SSSR count). The lowest BCUT2D eigenvalue weighted by atomic mass is 10.1. The fraction of sp³-hybridized carbons (Fsp3) is 0.381. The molecule has 1 aliphatic heterocycles. The van der Waals surface area contributed by atoms with E-state index >= 15 is 0 Å². The summed E-state index contributed by atoms with van der Waals surface area (Å²) >= 11 is 8.00. The molecule has 1 saturated heterocycles. The van der Waals surface area contributed by atoms with Crippen LogP contribution in [0.1, 0.15) is 41.1 Å². The first-order valence-corrected chi connectivity index (χ1v) is 11.4. The van der Waals surface area contributed by atoms with Gasteiger partial charge >= 0.3 is 0 Å². The number of fused-ring (bicyclic) bond motifs is 1. The van der Waals surface area contributed by atoms with Crippen LogP contribution in [0, 0.1) is 0 Å². The van der Waals surface area contributed by atoms with Gasteiger partial charge < -0.3 is 14.6 Å². The molecular weight excluding hydrogens is 457 g/mol. The third-order valence-corrected chi connectivity index (χ3v) is 7.29. The second-order valence-corrected chi connectivity index (χ2v) is 9.73. The number of hydrogen-bond donors (Lipinski definition) is 1. The summed E-state index contributed by atoms with van der Waals surface area (Å²) in [6.07, 6.45) is 6.54. The standard InChI is InChI=1S/C21H19ClFN5O3S/c22-14-5-13(3-4-16(14)31-10-21(23)8-30-9-21)28-7-15(25-26-28)19(29)18-20(12-1-2-12)32-17-6-24-11-27(17)18/h3-7,11-12,19,29H,1-2,8-10H2/t19-/m0/s1. The van der Waals surface area contributed by atoms with Crippen LogP contribution in [0.3, 0.4) is 0 Å². The van der Waals surface area contributed by atoms with E-state index in [1.807, 2.05) is 4.40 Å². The fourth-order valence-corrected chi connectivity index (χ4v) is 5.29. The Balaban J connectivity index is 1.25. The SMILES string of the molecule is O[C@@H](c1cn(-c2ccc(OCC3(F)COC3)c(Cl)c2)nn1)c1c(C2CC2)sc2cncn12. The second kappa shape index (κ2) is 7.51. The average molecular weight is 476 g/mol. The van der Waals surface area contributed by atoms with Crippen LogP contribution < -0.4 is 4.74 Å². The van der Waals surface area contributed by atoms with Crippen LogP contribution in [0.15, 0.2) is 36.9 Å². The molecule has 0 bridgehead atoms. The molecule has 0 spiro atoms. The van der Waals surface area contributed by atoms with E-state index in [9.17, 15) is 9.50 Å². The van der Waals surface area contributed by atoms with Crippen LogP contribution in [-0.4, -0.2) is 55.0 Å². The van der Waals surface area contributed by atoms with Crippen LogP contribution in [0.25, 0.3) is 10.5 Å². The zero-order chi connectivity index (χ0) is 21.9. The highest BCUT2D eigenvalue weighted by molar-refractivity contribution is 7.17. The number of rotatable bonds is 7. The first-order valence-electron chi connectivity index (χ1n) is 10.3.